The first-order valence-corrected chi connectivity index (χ1v) is 7.30. The van der Waals surface area contributed by atoms with E-state index >= 15 is 0 Å². The third-order valence-electron chi connectivity index (χ3n) is 3.86. The molecule has 1 aliphatic heterocycles. The van der Waals surface area contributed by atoms with Gasteiger partial charge in [0.25, 0.3) is 0 Å². The van der Waals surface area contributed by atoms with Crippen LogP contribution in [0.25, 0.3) is 0 Å². The van der Waals surface area contributed by atoms with Gasteiger partial charge in [-0.25, -0.2) is 0 Å². The van der Waals surface area contributed by atoms with Crippen molar-refractivity contribution in [2.45, 2.75) is 38.3 Å². The predicted octanol–water partition coefficient (Wildman–Crippen LogP) is 2.45. The average molecular weight is 262 g/mol. The minimum atomic E-state index is 0.316. The molecule has 19 heavy (non-hydrogen) atoms. The van der Waals surface area contributed by atoms with Gasteiger partial charge in [0.15, 0.2) is 0 Å². The second-order valence-corrected chi connectivity index (χ2v) is 5.60. The number of nitrogens with one attached hydrogen (secondary N) is 2. The lowest BCUT2D eigenvalue weighted by Gasteiger charge is -2.27. The molecule has 2 atom stereocenters. The molecule has 0 saturated carbocycles. The summed E-state index contributed by atoms with van der Waals surface area (Å²) in [7, 11) is 2.03. The Hall–Kier alpha value is -0.900. The molecule has 1 aromatic carbocycles. The van der Waals surface area contributed by atoms with Crippen molar-refractivity contribution in [3.8, 4) is 0 Å². The van der Waals surface area contributed by atoms with Gasteiger partial charge >= 0.3 is 0 Å². The highest BCUT2D eigenvalue weighted by atomic mass is 16.5. The molecule has 3 nitrogen and oxygen atoms in total. The molecule has 2 N–H and O–H groups in total. The molecule has 1 aliphatic rings. The Bertz CT molecular complexity index is 369. The highest BCUT2D eigenvalue weighted by Gasteiger charge is 2.19. The van der Waals surface area contributed by atoms with Gasteiger partial charge in [-0.1, -0.05) is 38.1 Å². The summed E-state index contributed by atoms with van der Waals surface area (Å²) in [4.78, 5) is 0. The summed E-state index contributed by atoms with van der Waals surface area (Å²) in [6, 6.07) is 9.33. The Labute approximate surface area is 116 Å². The molecule has 0 radical (unpaired) electrons. The van der Waals surface area contributed by atoms with Crippen molar-refractivity contribution < 1.29 is 4.74 Å². The van der Waals surface area contributed by atoms with Crippen LogP contribution in [0.3, 0.4) is 0 Å². The van der Waals surface area contributed by atoms with E-state index in [0.717, 1.165) is 26.1 Å². The minimum Gasteiger partial charge on any atom is -0.376 e. The lowest BCUT2D eigenvalue weighted by atomic mass is 9.96. The number of hydrogen-bond donors (Lipinski definition) is 2. The van der Waals surface area contributed by atoms with E-state index in [1.165, 1.54) is 11.1 Å². The molecular formula is C16H26N2O. The molecule has 1 saturated heterocycles. The fourth-order valence-electron chi connectivity index (χ4n) is 2.57. The maximum Gasteiger partial charge on any atom is 0.0718 e. The topological polar surface area (TPSA) is 33.3 Å². The molecule has 0 aromatic heterocycles. The molecule has 0 amide bonds. The van der Waals surface area contributed by atoms with Crippen molar-refractivity contribution in [2.24, 2.45) is 0 Å². The number of hydrogen-bond acceptors (Lipinski definition) is 3. The molecule has 1 aromatic rings. The summed E-state index contributed by atoms with van der Waals surface area (Å²) in [5.41, 5.74) is 2.75. The Balaban J connectivity index is 1.99. The fourth-order valence-corrected chi connectivity index (χ4v) is 2.57. The quantitative estimate of drug-likeness (QED) is 0.855. The van der Waals surface area contributed by atoms with Crippen LogP contribution in [0.1, 0.15) is 43.4 Å². The van der Waals surface area contributed by atoms with Crippen LogP contribution in [0.15, 0.2) is 24.3 Å². The van der Waals surface area contributed by atoms with Gasteiger partial charge in [0.1, 0.15) is 0 Å². The van der Waals surface area contributed by atoms with E-state index in [0.29, 0.717) is 18.1 Å². The predicted molar refractivity (Wildman–Crippen MR) is 79.6 cm³/mol. The van der Waals surface area contributed by atoms with E-state index in [1.54, 1.807) is 0 Å². The van der Waals surface area contributed by atoms with E-state index < -0.39 is 0 Å². The van der Waals surface area contributed by atoms with Gasteiger partial charge < -0.3 is 15.4 Å². The third kappa shape index (κ3) is 4.03. The maximum absolute atomic E-state index is 5.79. The number of benzene rings is 1. The van der Waals surface area contributed by atoms with E-state index in [-0.39, 0.29) is 0 Å². The molecule has 0 aliphatic carbocycles. The van der Waals surface area contributed by atoms with Crippen LogP contribution in [0.2, 0.25) is 0 Å². The van der Waals surface area contributed by atoms with Crippen molar-refractivity contribution in [1.82, 2.24) is 10.6 Å². The second kappa shape index (κ2) is 7.04. The Morgan fingerprint density at radius 3 is 2.47 bits per heavy atom. The molecule has 2 unspecified atom stereocenters. The zero-order valence-electron chi connectivity index (χ0n) is 12.3. The molecular weight excluding hydrogens is 236 g/mol. The van der Waals surface area contributed by atoms with Gasteiger partial charge in [-0.2, -0.15) is 0 Å². The average Bonchev–Trinajstić information content (AvgIpc) is 2.46. The van der Waals surface area contributed by atoms with Gasteiger partial charge in [0.2, 0.25) is 0 Å². The van der Waals surface area contributed by atoms with Gasteiger partial charge in [0, 0.05) is 19.1 Å². The molecule has 2 rings (SSSR count). The summed E-state index contributed by atoms with van der Waals surface area (Å²) < 4.78 is 5.79. The van der Waals surface area contributed by atoms with E-state index in [2.05, 4.69) is 48.7 Å². The van der Waals surface area contributed by atoms with E-state index in [4.69, 9.17) is 4.74 Å². The van der Waals surface area contributed by atoms with Crippen molar-refractivity contribution >= 4 is 0 Å². The largest absolute Gasteiger partial charge is 0.376 e. The molecule has 106 valence electrons. The Kier molecular flexibility index (Phi) is 5.37. The van der Waals surface area contributed by atoms with Crippen LogP contribution in [0.5, 0.6) is 0 Å². The highest BCUT2D eigenvalue weighted by molar-refractivity contribution is 5.27. The first kappa shape index (κ1) is 14.5. The van der Waals surface area contributed by atoms with Crippen LogP contribution in [-0.4, -0.2) is 32.8 Å². The van der Waals surface area contributed by atoms with Gasteiger partial charge in [-0.15, -0.1) is 0 Å². The van der Waals surface area contributed by atoms with Crippen LogP contribution in [0.4, 0.5) is 0 Å². The van der Waals surface area contributed by atoms with E-state index in [1.807, 2.05) is 7.05 Å². The van der Waals surface area contributed by atoms with Crippen molar-refractivity contribution in [2.75, 3.05) is 26.7 Å². The van der Waals surface area contributed by atoms with Crippen LogP contribution < -0.4 is 10.6 Å². The fraction of sp³-hybridized carbons (Fsp3) is 0.625. The summed E-state index contributed by atoms with van der Waals surface area (Å²) in [5, 5.41) is 6.79. The van der Waals surface area contributed by atoms with Crippen molar-refractivity contribution in [1.29, 1.82) is 0 Å². The summed E-state index contributed by atoms with van der Waals surface area (Å²) in [6.45, 7) is 7.22. The highest BCUT2D eigenvalue weighted by Crippen LogP contribution is 2.22. The van der Waals surface area contributed by atoms with E-state index in [9.17, 15) is 0 Å². The molecule has 1 heterocycles. The first-order chi connectivity index (χ1) is 9.20. The summed E-state index contributed by atoms with van der Waals surface area (Å²) in [5.74, 6) is 0.591. The minimum absolute atomic E-state index is 0.316. The first-order valence-electron chi connectivity index (χ1n) is 7.30. The van der Waals surface area contributed by atoms with Gasteiger partial charge in [0.05, 0.1) is 12.7 Å². The molecule has 3 heteroatoms. The Morgan fingerprint density at radius 1 is 1.26 bits per heavy atom. The molecule has 1 fully saturated rings. The third-order valence-corrected chi connectivity index (χ3v) is 3.86. The van der Waals surface area contributed by atoms with Crippen LogP contribution >= 0.6 is 0 Å². The standard InChI is InChI=1S/C16H26N2O/c1-12(2)13-4-6-14(7-5-13)16(17-3)10-15-11-18-8-9-19-15/h4-7,12,15-18H,8-11H2,1-3H3. The SMILES string of the molecule is CNC(CC1CNCCO1)c1ccc(C(C)C)cc1. The van der Waals surface area contributed by atoms with Crippen molar-refractivity contribution in [3.63, 3.8) is 0 Å². The van der Waals surface area contributed by atoms with Crippen molar-refractivity contribution in [3.05, 3.63) is 35.4 Å². The monoisotopic (exact) mass is 262 g/mol. The van der Waals surface area contributed by atoms with Crippen LogP contribution in [-0.2, 0) is 4.74 Å². The normalized spacial score (nSPS) is 21.6. The lowest BCUT2D eigenvalue weighted by Crippen LogP contribution is -2.40. The van der Waals surface area contributed by atoms with Gasteiger partial charge in [-0.3, -0.25) is 0 Å². The Morgan fingerprint density at radius 2 is 1.95 bits per heavy atom. The second-order valence-electron chi connectivity index (χ2n) is 5.60. The number of rotatable bonds is 5. The number of morpholine rings is 1. The summed E-state index contributed by atoms with van der Waals surface area (Å²) >= 11 is 0. The number of ether oxygens (including phenoxy) is 1. The summed E-state index contributed by atoms with van der Waals surface area (Å²) in [6.07, 6.45) is 1.33. The molecule has 0 spiro atoms. The maximum atomic E-state index is 5.79. The van der Waals surface area contributed by atoms with Gasteiger partial charge in [-0.05, 0) is 30.5 Å². The smallest absolute Gasteiger partial charge is 0.0718 e. The lowest BCUT2D eigenvalue weighted by molar-refractivity contribution is 0.0176. The molecule has 0 bridgehead atoms. The zero-order valence-corrected chi connectivity index (χ0v) is 12.3. The zero-order chi connectivity index (χ0) is 13.7. The van der Waals surface area contributed by atoms with Crippen LogP contribution in [0, 0.1) is 0 Å².